The molecule has 15 heavy (non-hydrogen) atoms. The van der Waals surface area contributed by atoms with E-state index in [9.17, 15) is 0 Å². The molecule has 1 aromatic carbocycles. The normalized spacial score (nSPS) is 16.0. The van der Waals surface area contributed by atoms with Gasteiger partial charge in [0.2, 0.25) is 0 Å². The van der Waals surface area contributed by atoms with Gasteiger partial charge in [-0.15, -0.1) is 11.3 Å². The fourth-order valence-corrected chi connectivity index (χ4v) is 3.78. The van der Waals surface area contributed by atoms with Gasteiger partial charge < -0.3 is 5.73 Å². The Morgan fingerprint density at radius 3 is 3.13 bits per heavy atom. The summed E-state index contributed by atoms with van der Waals surface area (Å²) in [5.41, 5.74) is 7.64. The number of thioether (sulfide) groups is 1. The highest BCUT2D eigenvalue weighted by Crippen LogP contribution is 2.37. The Morgan fingerprint density at radius 1 is 1.47 bits per heavy atom. The number of nitrogens with two attached hydrogens (primary N) is 1. The maximum atomic E-state index is 5.74. The highest BCUT2D eigenvalue weighted by atomic mass is 32.2. The van der Waals surface area contributed by atoms with Crippen molar-refractivity contribution in [3.63, 3.8) is 0 Å². The fraction of sp³-hybridized carbons (Fsp3) is 0.364. The van der Waals surface area contributed by atoms with E-state index in [2.05, 4.69) is 4.98 Å². The van der Waals surface area contributed by atoms with E-state index in [0.717, 1.165) is 17.1 Å². The summed E-state index contributed by atoms with van der Waals surface area (Å²) < 4.78 is 2.38. The van der Waals surface area contributed by atoms with Crippen LogP contribution in [0.2, 0.25) is 0 Å². The van der Waals surface area contributed by atoms with E-state index in [1.165, 1.54) is 27.6 Å². The molecule has 0 spiro atoms. The van der Waals surface area contributed by atoms with Crippen LogP contribution in [0.4, 0.5) is 5.69 Å². The summed E-state index contributed by atoms with van der Waals surface area (Å²) in [6.45, 7) is 0. The van der Waals surface area contributed by atoms with Crippen LogP contribution in [0.3, 0.4) is 0 Å². The minimum Gasteiger partial charge on any atom is -0.399 e. The first kappa shape index (κ1) is 9.48. The van der Waals surface area contributed by atoms with Gasteiger partial charge in [0.25, 0.3) is 0 Å². The van der Waals surface area contributed by atoms with Gasteiger partial charge in [-0.2, -0.15) is 0 Å². The average Bonchev–Trinajstić information content (AvgIpc) is 2.95. The molecule has 0 atom stereocenters. The third-order valence-corrected chi connectivity index (χ3v) is 4.92. The molecule has 0 amide bonds. The lowest BCUT2D eigenvalue weighted by Gasteiger charge is -1.91. The molecule has 4 heteroatoms. The second-order valence-corrected chi connectivity index (χ2v) is 6.26. The summed E-state index contributed by atoms with van der Waals surface area (Å²) in [5, 5.41) is 0. The lowest BCUT2D eigenvalue weighted by Crippen LogP contribution is -1.81. The lowest BCUT2D eigenvalue weighted by molar-refractivity contribution is 0.999. The van der Waals surface area contributed by atoms with Gasteiger partial charge in [0.05, 0.1) is 10.2 Å². The monoisotopic (exact) mass is 236 g/mol. The molecular formula is C11H12N2S2. The van der Waals surface area contributed by atoms with Crippen LogP contribution in [-0.2, 0) is 0 Å². The topological polar surface area (TPSA) is 38.9 Å². The minimum atomic E-state index is 0.824. The molecule has 0 bridgehead atoms. The van der Waals surface area contributed by atoms with Crippen molar-refractivity contribution in [1.82, 2.24) is 4.98 Å². The van der Waals surface area contributed by atoms with E-state index in [-0.39, 0.29) is 0 Å². The predicted octanol–water partition coefficient (Wildman–Crippen LogP) is 3.38. The number of aromatic nitrogens is 1. The van der Waals surface area contributed by atoms with Crippen molar-refractivity contribution in [2.24, 2.45) is 5.92 Å². The van der Waals surface area contributed by atoms with E-state index >= 15 is 0 Å². The molecule has 1 saturated carbocycles. The van der Waals surface area contributed by atoms with Crippen LogP contribution in [0, 0.1) is 5.92 Å². The van der Waals surface area contributed by atoms with Gasteiger partial charge >= 0.3 is 0 Å². The summed E-state index contributed by atoms with van der Waals surface area (Å²) in [5.74, 6) is 2.18. The molecule has 2 nitrogen and oxygen atoms in total. The summed E-state index contributed by atoms with van der Waals surface area (Å²) in [6.07, 6.45) is 2.82. The maximum Gasteiger partial charge on any atom is 0.151 e. The molecule has 1 fully saturated rings. The average molecular weight is 236 g/mol. The lowest BCUT2D eigenvalue weighted by atomic mass is 10.3. The van der Waals surface area contributed by atoms with E-state index in [0.29, 0.717) is 0 Å². The van der Waals surface area contributed by atoms with Gasteiger partial charge in [0.15, 0.2) is 4.34 Å². The zero-order valence-corrected chi connectivity index (χ0v) is 9.90. The second-order valence-electron chi connectivity index (χ2n) is 3.96. The maximum absolute atomic E-state index is 5.74. The first-order valence-corrected chi connectivity index (χ1v) is 6.90. The number of nitrogens with zero attached hydrogens (tertiary/aromatic N) is 1. The van der Waals surface area contributed by atoms with Crippen molar-refractivity contribution in [3.8, 4) is 0 Å². The van der Waals surface area contributed by atoms with Crippen LogP contribution < -0.4 is 5.73 Å². The van der Waals surface area contributed by atoms with Gasteiger partial charge in [-0.25, -0.2) is 4.98 Å². The van der Waals surface area contributed by atoms with E-state index < -0.39 is 0 Å². The first-order valence-electron chi connectivity index (χ1n) is 5.10. The van der Waals surface area contributed by atoms with Crippen LogP contribution in [-0.4, -0.2) is 10.7 Å². The molecule has 1 heterocycles. The van der Waals surface area contributed by atoms with Gasteiger partial charge in [-0.05, 0) is 37.0 Å². The largest absolute Gasteiger partial charge is 0.399 e. The number of hydrogen-bond acceptors (Lipinski definition) is 4. The van der Waals surface area contributed by atoms with Gasteiger partial charge in [0.1, 0.15) is 0 Å². The molecule has 2 aromatic rings. The molecular weight excluding hydrogens is 224 g/mol. The third kappa shape index (κ3) is 2.11. The Balaban J connectivity index is 1.84. The molecule has 78 valence electrons. The van der Waals surface area contributed by atoms with E-state index in [1.807, 2.05) is 30.0 Å². The van der Waals surface area contributed by atoms with E-state index in [4.69, 9.17) is 5.73 Å². The van der Waals surface area contributed by atoms with Crippen LogP contribution in [0.15, 0.2) is 22.5 Å². The Labute approximate surface area is 96.9 Å². The number of anilines is 1. The highest BCUT2D eigenvalue weighted by Gasteiger charge is 2.21. The number of benzene rings is 1. The number of thiazole rings is 1. The molecule has 2 N–H and O–H groups in total. The van der Waals surface area contributed by atoms with Crippen LogP contribution in [0.1, 0.15) is 12.8 Å². The number of hydrogen-bond donors (Lipinski definition) is 1. The smallest absolute Gasteiger partial charge is 0.151 e. The molecule has 1 aliphatic rings. The second kappa shape index (κ2) is 3.68. The molecule has 1 aliphatic carbocycles. The van der Waals surface area contributed by atoms with Gasteiger partial charge in [-0.1, -0.05) is 11.8 Å². The fourth-order valence-electron chi connectivity index (χ4n) is 1.46. The Morgan fingerprint density at radius 2 is 2.33 bits per heavy atom. The third-order valence-electron chi connectivity index (χ3n) is 2.53. The summed E-state index contributed by atoms with van der Waals surface area (Å²) in [7, 11) is 0. The summed E-state index contributed by atoms with van der Waals surface area (Å²) >= 11 is 3.64. The van der Waals surface area contributed by atoms with Crippen LogP contribution >= 0.6 is 23.1 Å². The van der Waals surface area contributed by atoms with Crippen LogP contribution in [0.5, 0.6) is 0 Å². The van der Waals surface area contributed by atoms with Crippen molar-refractivity contribution in [2.75, 3.05) is 11.5 Å². The zero-order valence-electron chi connectivity index (χ0n) is 8.27. The van der Waals surface area contributed by atoms with Crippen molar-refractivity contribution in [1.29, 1.82) is 0 Å². The zero-order chi connectivity index (χ0) is 10.3. The van der Waals surface area contributed by atoms with Gasteiger partial charge in [0, 0.05) is 11.4 Å². The molecule has 0 saturated heterocycles. The summed E-state index contributed by atoms with van der Waals surface area (Å²) in [6, 6.07) is 5.92. The standard InChI is InChI=1S/C11H12N2S2/c12-8-3-4-9-10(5-8)15-11(13-9)14-6-7-1-2-7/h3-5,7H,1-2,6,12H2. The Hall–Kier alpha value is -0.740. The molecule has 0 aliphatic heterocycles. The quantitative estimate of drug-likeness (QED) is 0.656. The van der Waals surface area contributed by atoms with Crippen molar-refractivity contribution < 1.29 is 0 Å². The predicted molar refractivity (Wildman–Crippen MR) is 67.5 cm³/mol. The van der Waals surface area contributed by atoms with E-state index in [1.54, 1.807) is 11.3 Å². The summed E-state index contributed by atoms with van der Waals surface area (Å²) in [4.78, 5) is 4.58. The molecule has 0 unspecified atom stereocenters. The molecule has 1 aromatic heterocycles. The highest BCUT2D eigenvalue weighted by molar-refractivity contribution is 8.01. The number of nitrogen functional groups attached to an aromatic ring is 1. The SMILES string of the molecule is Nc1ccc2nc(SCC3CC3)sc2c1. The number of rotatable bonds is 3. The first-order chi connectivity index (χ1) is 7.31. The minimum absolute atomic E-state index is 0.824. The number of fused-ring (bicyclic) bond motifs is 1. The van der Waals surface area contributed by atoms with Gasteiger partial charge in [-0.3, -0.25) is 0 Å². The molecule has 3 rings (SSSR count). The van der Waals surface area contributed by atoms with Crippen LogP contribution in [0.25, 0.3) is 10.2 Å². The molecule has 0 radical (unpaired) electrons. The van der Waals surface area contributed by atoms with Crippen molar-refractivity contribution in [2.45, 2.75) is 17.2 Å². The van der Waals surface area contributed by atoms with Crippen molar-refractivity contribution >= 4 is 39.0 Å². The Kier molecular flexibility index (Phi) is 2.33. The Bertz CT molecular complexity index is 488. The van der Waals surface area contributed by atoms with Crippen molar-refractivity contribution in [3.05, 3.63) is 18.2 Å².